The highest BCUT2D eigenvalue weighted by molar-refractivity contribution is 7.12. The predicted molar refractivity (Wildman–Crippen MR) is 58.6 cm³/mol. The van der Waals surface area contributed by atoms with Crippen molar-refractivity contribution < 1.29 is 4.79 Å². The SMILES string of the molecule is Nc1csc(C(=O)c2ccccc2)c1. The summed E-state index contributed by atoms with van der Waals surface area (Å²) in [6.07, 6.45) is 0. The van der Waals surface area contributed by atoms with Crippen LogP contribution in [0.15, 0.2) is 41.8 Å². The second kappa shape index (κ2) is 3.64. The van der Waals surface area contributed by atoms with Crippen molar-refractivity contribution in [3.05, 3.63) is 52.2 Å². The molecule has 2 aromatic rings. The maximum Gasteiger partial charge on any atom is 0.203 e. The van der Waals surface area contributed by atoms with Crippen LogP contribution in [0.3, 0.4) is 0 Å². The van der Waals surface area contributed by atoms with E-state index < -0.39 is 0 Å². The smallest absolute Gasteiger partial charge is 0.203 e. The summed E-state index contributed by atoms with van der Waals surface area (Å²) in [6.45, 7) is 0. The number of ketones is 1. The predicted octanol–water partition coefficient (Wildman–Crippen LogP) is 2.56. The highest BCUT2D eigenvalue weighted by Gasteiger charge is 2.09. The van der Waals surface area contributed by atoms with Gasteiger partial charge >= 0.3 is 0 Å². The molecule has 0 aliphatic heterocycles. The Morgan fingerprint density at radius 1 is 1.21 bits per heavy atom. The number of rotatable bonds is 2. The van der Waals surface area contributed by atoms with E-state index in [-0.39, 0.29) is 5.78 Å². The monoisotopic (exact) mass is 203 g/mol. The Bertz CT molecular complexity index is 447. The second-order valence-electron chi connectivity index (χ2n) is 2.94. The fraction of sp³-hybridized carbons (Fsp3) is 0. The molecule has 0 bridgehead atoms. The molecular weight excluding hydrogens is 194 g/mol. The third kappa shape index (κ3) is 1.67. The lowest BCUT2D eigenvalue weighted by atomic mass is 10.1. The van der Waals surface area contributed by atoms with E-state index >= 15 is 0 Å². The van der Waals surface area contributed by atoms with Gasteiger partial charge in [0.05, 0.1) is 4.88 Å². The standard InChI is InChI=1S/C11H9NOS/c12-9-6-10(14-7-9)11(13)8-4-2-1-3-5-8/h1-7H,12H2. The average molecular weight is 203 g/mol. The largest absolute Gasteiger partial charge is 0.398 e. The van der Waals surface area contributed by atoms with Gasteiger partial charge in [-0.15, -0.1) is 11.3 Å². The Kier molecular flexibility index (Phi) is 2.33. The fourth-order valence-electron chi connectivity index (χ4n) is 1.20. The maximum absolute atomic E-state index is 11.8. The minimum Gasteiger partial charge on any atom is -0.398 e. The summed E-state index contributed by atoms with van der Waals surface area (Å²) in [4.78, 5) is 12.5. The molecule has 1 aromatic heterocycles. The maximum atomic E-state index is 11.8. The van der Waals surface area contributed by atoms with Crippen LogP contribution in [-0.2, 0) is 0 Å². The molecular formula is C11H9NOS. The molecule has 0 spiro atoms. The van der Waals surface area contributed by atoms with Gasteiger partial charge in [-0.3, -0.25) is 4.79 Å². The molecule has 0 atom stereocenters. The quantitative estimate of drug-likeness (QED) is 0.762. The van der Waals surface area contributed by atoms with Gasteiger partial charge < -0.3 is 5.73 Å². The number of nitrogens with two attached hydrogens (primary N) is 1. The molecule has 2 nitrogen and oxygen atoms in total. The average Bonchev–Trinajstić information content (AvgIpc) is 2.65. The van der Waals surface area contributed by atoms with Crippen molar-refractivity contribution >= 4 is 22.8 Å². The van der Waals surface area contributed by atoms with Crippen molar-refractivity contribution in [1.82, 2.24) is 0 Å². The number of carbonyl (C=O) groups is 1. The van der Waals surface area contributed by atoms with Gasteiger partial charge in [-0.25, -0.2) is 0 Å². The minimum atomic E-state index is 0.0345. The first-order valence-electron chi connectivity index (χ1n) is 4.21. The molecule has 0 unspecified atom stereocenters. The molecule has 2 N–H and O–H groups in total. The van der Waals surface area contributed by atoms with Gasteiger partial charge in [0, 0.05) is 16.6 Å². The Morgan fingerprint density at radius 2 is 1.93 bits per heavy atom. The van der Waals surface area contributed by atoms with E-state index in [1.807, 2.05) is 18.2 Å². The zero-order valence-corrected chi connectivity index (χ0v) is 8.25. The number of thiophene rings is 1. The lowest BCUT2D eigenvalue weighted by Crippen LogP contribution is -1.97. The van der Waals surface area contributed by atoms with E-state index in [4.69, 9.17) is 5.73 Å². The van der Waals surface area contributed by atoms with E-state index in [1.54, 1.807) is 23.6 Å². The van der Waals surface area contributed by atoms with E-state index in [0.29, 0.717) is 16.1 Å². The van der Waals surface area contributed by atoms with Gasteiger partial charge in [-0.2, -0.15) is 0 Å². The van der Waals surface area contributed by atoms with Crippen molar-refractivity contribution in [2.24, 2.45) is 0 Å². The van der Waals surface area contributed by atoms with Crippen LogP contribution in [0, 0.1) is 0 Å². The van der Waals surface area contributed by atoms with Gasteiger partial charge in [-0.1, -0.05) is 30.3 Å². The number of benzene rings is 1. The third-order valence-corrected chi connectivity index (χ3v) is 2.83. The first-order chi connectivity index (χ1) is 6.77. The van der Waals surface area contributed by atoms with Crippen molar-refractivity contribution in [2.75, 3.05) is 5.73 Å². The zero-order chi connectivity index (χ0) is 9.97. The van der Waals surface area contributed by atoms with Crippen LogP contribution in [0.2, 0.25) is 0 Å². The van der Waals surface area contributed by atoms with E-state index in [1.165, 1.54) is 11.3 Å². The van der Waals surface area contributed by atoms with Gasteiger partial charge in [0.1, 0.15) is 0 Å². The molecule has 0 aliphatic rings. The number of anilines is 1. The molecule has 0 amide bonds. The van der Waals surface area contributed by atoms with Gasteiger partial charge in [0.15, 0.2) is 0 Å². The van der Waals surface area contributed by atoms with E-state index in [2.05, 4.69) is 0 Å². The highest BCUT2D eigenvalue weighted by Crippen LogP contribution is 2.19. The normalized spacial score (nSPS) is 10.0. The first kappa shape index (κ1) is 8.97. The summed E-state index contributed by atoms with van der Waals surface area (Å²) in [5.41, 5.74) is 6.90. The van der Waals surface area contributed by atoms with Crippen molar-refractivity contribution in [1.29, 1.82) is 0 Å². The van der Waals surface area contributed by atoms with Crippen molar-refractivity contribution in [3.8, 4) is 0 Å². The number of nitrogen functional groups attached to an aromatic ring is 1. The second-order valence-corrected chi connectivity index (χ2v) is 3.85. The van der Waals surface area contributed by atoms with Gasteiger partial charge in [0.25, 0.3) is 0 Å². The molecule has 1 aromatic carbocycles. The Balaban J connectivity index is 2.34. The molecule has 0 fully saturated rings. The summed E-state index contributed by atoms with van der Waals surface area (Å²) >= 11 is 1.38. The van der Waals surface area contributed by atoms with Crippen LogP contribution >= 0.6 is 11.3 Å². The first-order valence-corrected chi connectivity index (χ1v) is 5.09. The van der Waals surface area contributed by atoms with Crippen molar-refractivity contribution in [2.45, 2.75) is 0 Å². The number of hydrogen-bond donors (Lipinski definition) is 1. The Morgan fingerprint density at radius 3 is 2.50 bits per heavy atom. The molecule has 2 rings (SSSR count). The molecule has 3 heteroatoms. The van der Waals surface area contributed by atoms with Gasteiger partial charge in [-0.05, 0) is 6.07 Å². The summed E-state index contributed by atoms with van der Waals surface area (Å²) in [5, 5.41) is 1.77. The summed E-state index contributed by atoms with van der Waals surface area (Å²) in [7, 11) is 0. The number of hydrogen-bond acceptors (Lipinski definition) is 3. The highest BCUT2D eigenvalue weighted by atomic mass is 32.1. The molecule has 0 radical (unpaired) electrons. The topological polar surface area (TPSA) is 43.1 Å². The van der Waals surface area contributed by atoms with Crippen molar-refractivity contribution in [3.63, 3.8) is 0 Å². The Labute approximate surface area is 86.0 Å². The van der Waals surface area contributed by atoms with E-state index in [9.17, 15) is 4.79 Å². The van der Waals surface area contributed by atoms with Crippen LogP contribution in [0.5, 0.6) is 0 Å². The summed E-state index contributed by atoms with van der Waals surface area (Å²) < 4.78 is 0. The van der Waals surface area contributed by atoms with Gasteiger partial charge in [0.2, 0.25) is 5.78 Å². The Hall–Kier alpha value is -1.61. The molecule has 14 heavy (non-hydrogen) atoms. The van der Waals surface area contributed by atoms with Crippen LogP contribution in [0.4, 0.5) is 5.69 Å². The lowest BCUT2D eigenvalue weighted by molar-refractivity contribution is 0.104. The molecule has 0 saturated carbocycles. The van der Waals surface area contributed by atoms with E-state index in [0.717, 1.165) is 0 Å². The molecule has 0 aliphatic carbocycles. The van der Waals surface area contributed by atoms with Crippen LogP contribution in [0.1, 0.15) is 15.2 Å². The summed E-state index contributed by atoms with van der Waals surface area (Å²) in [6, 6.07) is 10.9. The lowest BCUT2D eigenvalue weighted by Gasteiger charge is -1.95. The van der Waals surface area contributed by atoms with Crippen LogP contribution in [0.25, 0.3) is 0 Å². The zero-order valence-electron chi connectivity index (χ0n) is 7.44. The number of carbonyl (C=O) groups excluding carboxylic acids is 1. The molecule has 1 heterocycles. The molecule has 70 valence electrons. The third-order valence-electron chi connectivity index (χ3n) is 1.88. The minimum absolute atomic E-state index is 0.0345. The molecule has 0 saturated heterocycles. The summed E-state index contributed by atoms with van der Waals surface area (Å²) in [5.74, 6) is 0.0345. The van der Waals surface area contributed by atoms with Crippen LogP contribution < -0.4 is 5.73 Å². The van der Waals surface area contributed by atoms with Crippen LogP contribution in [-0.4, -0.2) is 5.78 Å². The fourth-order valence-corrected chi connectivity index (χ4v) is 1.96.